The molecule has 2 amide bonds. The number of carbonyl (C=O) groups is 3. The van der Waals surface area contributed by atoms with Gasteiger partial charge >= 0.3 is 12.0 Å². The van der Waals surface area contributed by atoms with Gasteiger partial charge in [-0.25, -0.2) is 9.59 Å². The van der Waals surface area contributed by atoms with Crippen molar-refractivity contribution in [2.75, 3.05) is 27.2 Å². The Hall–Kier alpha value is -3.37. The molecule has 5 rings (SSSR count). The van der Waals surface area contributed by atoms with Gasteiger partial charge in [0.1, 0.15) is 18.1 Å². The van der Waals surface area contributed by atoms with Crippen molar-refractivity contribution in [3.05, 3.63) is 63.3 Å². The largest absolute Gasteiger partial charge is 0.458 e. The molecule has 1 atom stereocenters. The lowest BCUT2D eigenvalue weighted by molar-refractivity contribution is -0.163. The van der Waals surface area contributed by atoms with Crippen LogP contribution in [0.1, 0.15) is 42.9 Å². The number of Topliss-reactive ketones (excluding diaryl/α,β-unsaturated/α-hetero) is 1. The lowest BCUT2D eigenvalue weighted by atomic mass is 9.78. The van der Waals surface area contributed by atoms with Crippen molar-refractivity contribution < 1.29 is 24.2 Å². The van der Waals surface area contributed by atoms with Crippen LogP contribution in [0.5, 0.6) is 0 Å². The number of aryl methyl sites for hydroxylation is 1. The maximum absolute atomic E-state index is 13.7. The monoisotopic (exact) mass is 564 g/mol. The highest BCUT2D eigenvalue weighted by atomic mass is 28.3. The molecule has 3 aliphatic heterocycles. The summed E-state index contributed by atoms with van der Waals surface area (Å²) in [6.07, 6.45) is 4.53. The van der Waals surface area contributed by atoms with E-state index in [0.29, 0.717) is 36.4 Å². The molecule has 0 saturated heterocycles. The fourth-order valence-corrected chi connectivity index (χ4v) is 8.45. The molecule has 4 aliphatic rings. The van der Waals surface area contributed by atoms with Gasteiger partial charge < -0.3 is 30.3 Å². The summed E-state index contributed by atoms with van der Waals surface area (Å²) in [5.74, 6) is -0.00525. The van der Waals surface area contributed by atoms with E-state index in [4.69, 9.17) is 4.74 Å². The minimum Gasteiger partial charge on any atom is -0.458 e. The number of amides is 2. The highest BCUT2D eigenvalue weighted by molar-refractivity contribution is 6.77. The molecule has 40 heavy (non-hydrogen) atoms. The van der Waals surface area contributed by atoms with Gasteiger partial charge in [0.05, 0.1) is 6.54 Å². The zero-order valence-corrected chi connectivity index (χ0v) is 25.1. The molecule has 1 aromatic rings. The number of benzene rings is 1. The van der Waals surface area contributed by atoms with E-state index in [9.17, 15) is 19.5 Å². The number of ketones is 1. The number of hydrogen-bond donors (Lipinski definition) is 3. The highest BCUT2D eigenvalue weighted by Crippen LogP contribution is 2.44. The molecule has 10 heteroatoms. The first-order chi connectivity index (χ1) is 18.9. The smallest absolute Gasteiger partial charge is 0.342 e. The van der Waals surface area contributed by atoms with E-state index in [0.717, 1.165) is 42.0 Å². The predicted octanol–water partition coefficient (Wildman–Crippen LogP) is 3.49. The normalized spacial score (nSPS) is 21.6. The minimum absolute atomic E-state index is 0.0491. The number of esters is 1. The van der Waals surface area contributed by atoms with E-state index < -0.39 is 19.6 Å². The first-order valence-electron chi connectivity index (χ1n) is 14.2. The third-order valence-corrected chi connectivity index (χ3v) is 12.0. The van der Waals surface area contributed by atoms with Crippen LogP contribution in [-0.4, -0.2) is 73.6 Å². The van der Waals surface area contributed by atoms with E-state index >= 15 is 0 Å². The van der Waals surface area contributed by atoms with E-state index in [1.54, 1.807) is 25.9 Å². The topological polar surface area (TPSA) is 111 Å². The van der Waals surface area contributed by atoms with Crippen LogP contribution in [-0.2, 0) is 27.3 Å². The Labute approximate surface area is 236 Å². The highest BCUT2D eigenvalue weighted by Gasteiger charge is 2.51. The molecule has 3 heterocycles. The fourth-order valence-electron chi connectivity index (χ4n) is 6.12. The number of rotatable bonds is 8. The van der Waals surface area contributed by atoms with Crippen LogP contribution < -0.4 is 10.6 Å². The second-order valence-electron chi connectivity index (χ2n) is 12.2. The van der Waals surface area contributed by atoms with Crippen molar-refractivity contribution in [1.29, 1.82) is 0 Å². The maximum Gasteiger partial charge on any atom is 0.342 e. The second-order valence-corrected chi connectivity index (χ2v) is 17.5. The summed E-state index contributed by atoms with van der Waals surface area (Å²) in [5, 5.41) is 17.5. The molecule has 0 fully saturated rings. The van der Waals surface area contributed by atoms with Gasteiger partial charge in [-0.2, -0.15) is 0 Å². The van der Waals surface area contributed by atoms with Gasteiger partial charge in [-0.15, -0.1) is 0 Å². The van der Waals surface area contributed by atoms with Crippen LogP contribution in [0.2, 0.25) is 25.2 Å². The van der Waals surface area contributed by atoms with Gasteiger partial charge in [0, 0.05) is 46.4 Å². The van der Waals surface area contributed by atoms with Crippen molar-refractivity contribution in [2.45, 2.75) is 69.9 Å². The molecule has 0 saturated carbocycles. The molecule has 1 aromatic carbocycles. The molecular formula is C30H40N4O5Si. The molecule has 214 valence electrons. The summed E-state index contributed by atoms with van der Waals surface area (Å²) in [6, 6.07) is 8.66. The van der Waals surface area contributed by atoms with E-state index in [2.05, 4.69) is 48.0 Å². The number of urea groups is 1. The molecule has 0 spiro atoms. The first kappa shape index (κ1) is 28.2. The standard InChI is InChI=1S/C30H40N4O5Si/c1-6-30(38)23-16-24-26(27(35)22(23)18-39-28(30)36)34-17-21-19(9-7-10-20(21)15-25(34)32-24)11-14-40(4,5)13-8-12-31-29(37)33(2)3/h7,9-10,15,32,38H,6,8,11-14,16-18H2,1-5H3,(H,31,37). The number of nitrogens with zero attached hydrogens (tertiary/aromatic N) is 2. The number of ether oxygens (including phenoxy) is 1. The average Bonchev–Trinajstić information content (AvgIpc) is 3.28. The number of nitrogens with one attached hydrogen (secondary N) is 2. The summed E-state index contributed by atoms with van der Waals surface area (Å²) in [7, 11) is 2.02. The average molecular weight is 565 g/mol. The van der Waals surface area contributed by atoms with Crippen LogP contribution in [0.4, 0.5) is 4.79 Å². The van der Waals surface area contributed by atoms with E-state index in [1.807, 2.05) is 4.90 Å². The summed E-state index contributed by atoms with van der Waals surface area (Å²) in [6.45, 7) is 7.74. The molecule has 0 bridgehead atoms. The van der Waals surface area contributed by atoms with E-state index in [-0.39, 0.29) is 24.8 Å². The van der Waals surface area contributed by atoms with Gasteiger partial charge in [-0.05, 0) is 47.6 Å². The summed E-state index contributed by atoms with van der Waals surface area (Å²) >= 11 is 0. The van der Waals surface area contributed by atoms with Crippen molar-refractivity contribution in [1.82, 2.24) is 20.4 Å². The quantitative estimate of drug-likeness (QED) is 0.252. The zero-order valence-electron chi connectivity index (χ0n) is 24.1. The second kappa shape index (κ2) is 10.6. The Kier molecular flexibility index (Phi) is 7.43. The van der Waals surface area contributed by atoms with E-state index in [1.165, 1.54) is 11.1 Å². The Morgan fingerprint density at radius 3 is 2.75 bits per heavy atom. The van der Waals surface area contributed by atoms with Crippen LogP contribution in [0, 0.1) is 0 Å². The lowest BCUT2D eigenvalue weighted by Crippen LogP contribution is -2.48. The first-order valence-corrected chi connectivity index (χ1v) is 17.6. The minimum atomic E-state index is -1.76. The Bertz CT molecular complexity index is 1360. The third kappa shape index (κ3) is 4.98. The molecule has 3 N–H and O–H groups in total. The molecule has 9 nitrogen and oxygen atoms in total. The van der Waals surface area contributed by atoms with Crippen molar-refractivity contribution in [3.63, 3.8) is 0 Å². The van der Waals surface area contributed by atoms with Crippen molar-refractivity contribution >= 4 is 31.9 Å². The predicted molar refractivity (Wildman–Crippen MR) is 155 cm³/mol. The maximum atomic E-state index is 13.7. The summed E-state index contributed by atoms with van der Waals surface area (Å²) in [4.78, 5) is 41.5. The van der Waals surface area contributed by atoms with Gasteiger partial charge in [0.2, 0.25) is 5.78 Å². The lowest BCUT2D eigenvalue weighted by Gasteiger charge is -2.36. The molecule has 1 unspecified atom stereocenters. The number of cyclic esters (lactones) is 1. The van der Waals surface area contributed by atoms with Crippen LogP contribution in [0.25, 0.3) is 6.08 Å². The van der Waals surface area contributed by atoms with Gasteiger partial charge in [-0.3, -0.25) is 4.79 Å². The summed E-state index contributed by atoms with van der Waals surface area (Å²) < 4.78 is 5.24. The Morgan fingerprint density at radius 1 is 1.25 bits per heavy atom. The molecular weight excluding hydrogens is 524 g/mol. The van der Waals surface area contributed by atoms with Gasteiger partial charge in [0.15, 0.2) is 5.60 Å². The van der Waals surface area contributed by atoms with Crippen LogP contribution in [0.3, 0.4) is 0 Å². The Morgan fingerprint density at radius 2 is 2.02 bits per heavy atom. The van der Waals surface area contributed by atoms with Crippen molar-refractivity contribution in [2.24, 2.45) is 0 Å². The number of hydrogen-bond acceptors (Lipinski definition) is 7. The van der Waals surface area contributed by atoms with Crippen molar-refractivity contribution in [3.8, 4) is 0 Å². The SMILES string of the molecule is CCC1(O)C(=O)OCC2=C1CC1=C(C2=O)N2Cc3c(cccc3CC[Si](C)(C)CCCNC(=O)N(C)C)C=C2N1. The third-order valence-electron chi connectivity index (χ3n) is 8.73. The molecule has 0 radical (unpaired) electrons. The molecule has 1 aliphatic carbocycles. The fraction of sp³-hybridized carbons (Fsp3) is 0.500. The molecule has 0 aromatic heterocycles. The van der Waals surface area contributed by atoms with Gasteiger partial charge in [-0.1, -0.05) is 50.3 Å². The van der Waals surface area contributed by atoms with Crippen LogP contribution >= 0.6 is 0 Å². The summed E-state index contributed by atoms with van der Waals surface area (Å²) in [5.41, 5.74) is 4.13. The number of allylic oxidation sites excluding steroid dienone is 2. The number of carbonyl (C=O) groups excluding carboxylic acids is 3. The van der Waals surface area contributed by atoms with Crippen LogP contribution in [0.15, 0.2) is 46.6 Å². The Balaban J connectivity index is 1.29. The zero-order chi connectivity index (χ0) is 28.8. The number of fused-ring (bicyclic) bond motifs is 3. The number of aliphatic hydroxyl groups is 1. The van der Waals surface area contributed by atoms with Gasteiger partial charge in [0.25, 0.3) is 0 Å².